The summed E-state index contributed by atoms with van der Waals surface area (Å²) in [5, 5.41) is 25.0. The van der Waals surface area contributed by atoms with Crippen molar-refractivity contribution in [1.82, 2.24) is 14.6 Å². The van der Waals surface area contributed by atoms with Gasteiger partial charge in [-0.25, -0.2) is 9.78 Å². The Bertz CT molecular complexity index is 1810. The van der Waals surface area contributed by atoms with Crippen molar-refractivity contribution in [1.29, 1.82) is 5.26 Å². The van der Waals surface area contributed by atoms with Crippen molar-refractivity contribution in [2.75, 3.05) is 31.7 Å². The third kappa shape index (κ3) is 6.76. The molecule has 10 nitrogen and oxygen atoms in total. The fraction of sp³-hybridized carbons (Fsp3) is 0.389. The van der Waals surface area contributed by atoms with Crippen molar-refractivity contribution in [3.63, 3.8) is 0 Å². The number of nitrogens with zero attached hydrogens (tertiary/aromatic N) is 5. The summed E-state index contributed by atoms with van der Waals surface area (Å²) in [6.45, 7) is 15.3. The number of aromatic nitrogens is 3. The second kappa shape index (κ2) is 12.9. The van der Waals surface area contributed by atoms with Gasteiger partial charge in [-0.3, -0.25) is 0 Å². The van der Waals surface area contributed by atoms with Crippen LogP contribution >= 0.6 is 0 Å². The van der Waals surface area contributed by atoms with Crippen molar-refractivity contribution in [2.24, 2.45) is 0 Å². The van der Waals surface area contributed by atoms with Crippen LogP contribution in [0.1, 0.15) is 63.5 Å². The highest BCUT2D eigenvalue weighted by Gasteiger charge is 2.38. The Kier molecular flexibility index (Phi) is 9.20. The van der Waals surface area contributed by atoms with Crippen LogP contribution in [-0.2, 0) is 19.0 Å². The molecule has 1 fully saturated rings. The summed E-state index contributed by atoms with van der Waals surface area (Å²) in [6.07, 6.45) is 2.24. The predicted octanol–water partition coefficient (Wildman–Crippen LogP) is 6.54. The highest BCUT2D eigenvalue weighted by Crippen LogP contribution is 2.39. The first kappa shape index (κ1) is 32.7. The monoisotopic (exact) mass is 623 g/mol. The van der Waals surface area contributed by atoms with Crippen LogP contribution in [0.25, 0.3) is 28.0 Å². The lowest BCUT2D eigenvalue weighted by molar-refractivity contribution is -0.164. The molecular formula is C36H41N5O5. The molecule has 1 unspecified atom stereocenters. The molecule has 0 aliphatic carbocycles. The molecule has 2 aromatic carbocycles. The number of aromatic hydroxyl groups is 1. The van der Waals surface area contributed by atoms with Gasteiger partial charge in [0.2, 0.25) is 0 Å². The molecule has 0 bridgehead atoms. The number of fused-ring (bicyclic) bond motifs is 1. The molecule has 46 heavy (non-hydrogen) atoms. The molecule has 3 heterocycles. The summed E-state index contributed by atoms with van der Waals surface area (Å²) in [4.78, 5) is 20.4. The highest BCUT2D eigenvalue weighted by molar-refractivity contribution is 5.81. The minimum atomic E-state index is -1.03. The molecule has 0 saturated carbocycles. The Hall–Kier alpha value is -4.72. The summed E-state index contributed by atoms with van der Waals surface area (Å²) in [7, 11) is 1.36. The van der Waals surface area contributed by atoms with Crippen LogP contribution in [0.5, 0.6) is 5.75 Å². The van der Waals surface area contributed by atoms with Crippen LogP contribution in [0.2, 0.25) is 0 Å². The zero-order chi connectivity index (χ0) is 33.2. The molecule has 1 N–H and O–H groups in total. The number of nitriles is 1. The van der Waals surface area contributed by atoms with Gasteiger partial charge in [0.1, 0.15) is 11.6 Å². The predicted molar refractivity (Wildman–Crippen MR) is 177 cm³/mol. The van der Waals surface area contributed by atoms with Crippen molar-refractivity contribution in [2.45, 2.75) is 64.8 Å². The van der Waals surface area contributed by atoms with E-state index in [0.717, 1.165) is 29.8 Å². The summed E-state index contributed by atoms with van der Waals surface area (Å²) in [5.41, 5.74) is 4.10. The number of benzene rings is 2. The van der Waals surface area contributed by atoms with Gasteiger partial charge in [-0.2, -0.15) is 14.9 Å². The van der Waals surface area contributed by atoms with Gasteiger partial charge in [-0.05, 0) is 77.3 Å². The van der Waals surface area contributed by atoms with Gasteiger partial charge < -0.3 is 24.2 Å². The van der Waals surface area contributed by atoms with E-state index >= 15 is 0 Å². The van der Waals surface area contributed by atoms with Gasteiger partial charge in [0.15, 0.2) is 11.8 Å². The highest BCUT2D eigenvalue weighted by atomic mass is 16.6. The number of carbonyl (C=O) groups is 1. The second-order valence-electron chi connectivity index (χ2n) is 12.8. The molecular weight excluding hydrogens is 582 g/mol. The topological polar surface area (TPSA) is 122 Å². The summed E-state index contributed by atoms with van der Waals surface area (Å²) < 4.78 is 19.5. The summed E-state index contributed by atoms with van der Waals surface area (Å²) in [5.74, 6) is 0.281. The average molecular weight is 624 g/mol. The Morgan fingerprint density at radius 1 is 1.17 bits per heavy atom. The maximum atomic E-state index is 13.3. The fourth-order valence-corrected chi connectivity index (χ4v) is 5.83. The van der Waals surface area contributed by atoms with E-state index in [0.29, 0.717) is 53.4 Å². The van der Waals surface area contributed by atoms with Crippen molar-refractivity contribution < 1.29 is 24.1 Å². The maximum Gasteiger partial charge on any atom is 0.339 e. The van der Waals surface area contributed by atoms with Crippen LogP contribution < -0.4 is 4.90 Å². The molecule has 1 aliphatic heterocycles. The number of carbonyl (C=O) groups excluding carboxylic acids is 1. The van der Waals surface area contributed by atoms with Crippen LogP contribution in [0.15, 0.2) is 61.2 Å². The molecule has 0 radical (unpaired) electrons. The number of ether oxygens (including phenoxy) is 3. The van der Waals surface area contributed by atoms with Crippen molar-refractivity contribution in [3.05, 3.63) is 78.0 Å². The van der Waals surface area contributed by atoms with E-state index in [-0.39, 0.29) is 11.4 Å². The van der Waals surface area contributed by atoms with Gasteiger partial charge in [0.05, 0.1) is 47.8 Å². The van der Waals surface area contributed by atoms with Gasteiger partial charge >= 0.3 is 5.97 Å². The summed E-state index contributed by atoms with van der Waals surface area (Å²) >= 11 is 0. The first-order valence-electron chi connectivity index (χ1n) is 15.4. The number of phenolic OH excluding ortho intramolecular Hbond substituents is 1. The number of piperidine rings is 1. The van der Waals surface area contributed by atoms with E-state index in [4.69, 9.17) is 24.3 Å². The van der Waals surface area contributed by atoms with Gasteiger partial charge in [-0.15, -0.1) is 6.58 Å². The quantitative estimate of drug-likeness (QED) is 0.164. The second-order valence-corrected chi connectivity index (χ2v) is 12.8. The average Bonchev–Trinajstić information content (AvgIpc) is 3.46. The number of hydrogen-bond acceptors (Lipinski definition) is 9. The molecule has 2 aromatic heterocycles. The molecule has 4 aromatic rings. The number of phenols is 1. The van der Waals surface area contributed by atoms with Crippen molar-refractivity contribution in [3.8, 4) is 34.2 Å². The normalized spacial score (nSPS) is 15.4. The first-order valence-corrected chi connectivity index (χ1v) is 15.4. The maximum absolute atomic E-state index is 13.3. The minimum absolute atomic E-state index is 0.0808. The van der Waals surface area contributed by atoms with Crippen LogP contribution in [0.4, 0.5) is 5.82 Å². The van der Waals surface area contributed by atoms with E-state index in [1.807, 2.05) is 58.0 Å². The molecule has 0 spiro atoms. The number of methoxy groups -OCH3 is 1. The van der Waals surface area contributed by atoms with E-state index in [1.165, 1.54) is 13.2 Å². The zero-order valence-corrected chi connectivity index (χ0v) is 27.3. The third-order valence-corrected chi connectivity index (χ3v) is 8.22. The first-order chi connectivity index (χ1) is 21.9. The van der Waals surface area contributed by atoms with Crippen LogP contribution in [0, 0.1) is 18.3 Å². The summed E-state index contributed by atoms with van der Waals surface area (Å²) in [6, 6.07) is 16.4. The number of hydrogen-bond donors (Lipinski definition) is 1. The number of anilines is 1. The van der Waals surface area contributed by atoms with E-state index in [2.05, 4.69) is 24.5 Å². The molecule has 240 valence electrons. The SMILES string of the molecule is C=CCOC1(C)CCN(c2c(C(OC(C)(C)C)C(=O)OC)c(C)nc3cc(-c4cccc(-c5cc(C#N)ccc5O)c4)nn23)CC1. The Labute approximate surface area is 269 Å². The van der Waals surface area contributed by atoms with Crippen LogP contribution in [-0.4, -0.2) is 63.7 Å². The lowest BCUT2D eigenvalue weighted by atomic mass is 9.92. The van der Waals surface area contributed by atoms with Crippen molar-refractivity contribution >= 4 is 17.4 Å². The standard InChI is InChI=1S/C36H41N5O5/c1-8-18-45-36(6)14-16-40(17-15-36)33-31(32(34(43)44-7)46-35(3,4)5)23(2)38-30-21-28(39-41(30)33)26-11-9-10-25(20-26)27-19-24(22-37)12-13-29(27)42/h8-13,19-21,32,42H,1,14-18H2,2-7H3. The molecule has 1 saturated heterocycles. The Balaban J connectivity index is 1.66. The van der Waals surface area contributed by atoms with Gasteiger partial charge in [0, 0.05) is 36.0 Å². The molecule has 10 heteroatoms. The van der Waals surface area contributed by atoms with E-state index in [1.54, 1.807) is 22.7 Å². The Morgan fingerprint density at radius 3 is 2.54 bits per heavy atom. The Morgan fingerprint density at radius 2 is 1.89 bits per heavy atom. The van der Waals surface area contributed by atoms with E-state index in [9.17, 15) is 15.2 Å². The van der Waals surface area contributed by atoms with Gasteiger partial charge in [-0.1, -0.05) is 24.3 Å². The minimum Gasteiger partial charge on any atom is -0.507 e. The third-order valence-electron chi connectivity index (χ3n) is 8.22. The van der Waals surface area contributed by atoms with E-state index < -0.39 is 17.7 Å². The number of rotatable bonds is 9. The number of aryl methyl sites for hydroxylation is 1. The molecule has 0 amide bonds. The number of esters is 1. The van der Waals surface area contributed by atoms with Crippen LogP contribution in [0.3, 0.4) is 0 Å². The lowest BCUT2D eigenvalue weighted by Crippen LogP contribution is -2.45. The largest absolute Gasteiger partial charge is 0.507 e. The zero-order valence-electron chi connectivity index (χ0n) is 27.3. The smallest absolute Gasteiger partial charge is 0.339 e. The van der Waals surface area contributed by atoms with Gasteiger partial charge in [0.25, 0.3) is 0 Å². The fourth-order valence-electron chi connectivity index (χ4n) is 5.83. The molecule has 1 aliphatic rings. The molecule has 5 rings (SSSR count). The molecule has 1 atom stereocenters. The lowest BCUT2D eigenvalue weighted by Gasteiger charge is -2.41.